The summed E-state index contributed by atoms with van der Waals surface area (Å²) in [7, 11) is 1.29. The van der Waals surface area contributed by atoms with Gasteiger partial charge in [-0.2, -0.15) is 13.2 Å². The molecule has 34 heavy (non-hydrogen) atoms. The molecule has 0 saturated carbocycles. The van der Waals surface area contributed by atoms with Crippen molar-refractivity contribution in [2.45, 2.75) is 19.5 Å². The van der Waals surface area contributed by atoms with E-state index in [4.69, 9.17) is 21.1 Å². The summed E-state index contributed by atoms with van der Waals surface area (Å²) in [6.07, 6.45) is -2.91. The van der Waals surface area contributed by atoms with Gasteiger partial charge in [0.2, 0.25) is 0 Å². The molecule has 7 nitrogen and oxygen atoms in total. The lowest BCUT2D eigenvalue weighted by Gasteiger charge is -2.15. The van der Waals surface area contributed by atoms with E-state index in [-0.39, 0.29) is 17.1 Å². The van der Waals surface area contributed by atoms with Gasteiger partial charge in [0.1, 0.15) is 29.2 Å². The Labute approximate surface area is 198 Å². The van der Waals surface area contributed by atoms with Crippen molar-refractivity contribution in [3.8, 4) is 22.8 Å². The lowest BCUT2D eigenvalue weighted by Crippen LogP contribution is -2.10. The van der Waals surface area contributed by atoms with Crippen molar-refractivity contribution < 1.29 is 32.5 Å². The van der Waals surface area contributed by atoms with E-state index in [1.54, 1.807) is 25.1 Å². The summed E-state index contributed by atoms with van der Waals surface area (Å²) in [4.78, 5) is 19.8. The summed E-state index contributed by atoms with van der Waals surface area (Å²) in [6, 6.07) is 8.45. The summed E-state index contributed by atoms with van der Waals surface area (Å²) in [6.45, 7) is 2.39. The zero-order valence-corrected chi connectivity index (χ0v) is 19.0. The molecule has 2 aromatic carbocycles. The predicted molar refractivity (Wildman–Crippen MR) is 121 cm³/mol. The van der Waals surface area contributed by atoms with Crippen molar-refractivity contribution in [2.24, 2.45) is 0 Å². The number of aromatic carboxylic acids is 1. The van der Waals surface area contributed by atoms with E-state index in [9.17, 15) is 23.1 Å². The number of carboxylic acids is 1. The summed E-state index contributed by atoms with van der Waals surface area (Å²) in [5.41, 5.74) is 0.763. The van der Waals surface area contributed by atoms with Gasteiger partial charge in [0.05, 0.1) is 30.0 Å². The Morgan fingerprint density at radius 2 is 1.91 bits per heavy atom. The highest BCUT2D eigenvalue weighted by atomic mass is 35.5. The average Bonchev–Trinajstić information content (AvgIpc) is 2.78. The quantitative estimate of drug-likeness (QED) is 0.400. The summed E-state index contributed by atoms with van der Waals surface area (Å²) >= 11 is 5.83. The second-order valence-corrected chi connectivity index (χ2v) is 7.46. The summed E-state index contributed by atoms with van der Waals surface area (Å²) in [5, 5.41) is 12.0. The van der Waals surface area contributed by atoms with E-state index in [0.717, 1.165) is 6.07 Å². The zero-order valence-electron chi connectivity index (χ0n) is 18.2. The summed E-state index contributed by atoms with van der Waals surface area (Å²) < 4.78 is 49.8. The second kappa shape index (κ2) is 10.6. The topological polar surface area (TPSA) is 93.6 Å². The molecule has 11 heteroatoms. The first-order valence-electron chi connectivity index (χ1n) is 10.1. The average molecular weight is 496 g/mol. The van der Waals surface area contributed by atoms with E-state index in [2.05, 4.69) is 15.3 Å². The monoisotopic (exact) mass is 495 g/mol. The van der Waals surface area contributed by atoms with Crippen LogP contribution in [0.4, 0.5) is 19.0 Å². The largest absolute Gasteiger partial charge is 0.496 e. The molecule has 0 aliphatic rings. The number of nitrogens with zero attached hydrogens (tertiary/aromatic N) is 2. The van der Waals surface area contributed by atoms with E-state index in [1.807, 2.05) is 0 Å². The Balaban J connectivity index is 1.76. The van der Waals surface area contributed by atoms with Crippen LogP contribution in [0.1, 0.15) is 28.4 Å². The van der Waals surface area contributed by atoms with Crippen molar-refractivity contribution in [1.82, 2.24) is 9.97 Å². The molecule has 0 fully saturated rings. The van der Waals surface area contributed by atoms with Gasteiger partial charge in [0, 0.05) is 18.2 Å². The highest BCUT2D eigenvalue weighted by Gasteiger charge is 2.34. The molecule has 0 amide bonds. The van der Waals surface area contributed by atoms with Gasteiger partial charge >= 0.3 is 12.1 Å². The number of carbonyl (C=O) groups is 1. The van der Waals surface area contributed by atoms with E-state index < -0.39 is 22.7 Å². The number of benzene rings is 2. The molecule has 1 heterocycles. The number of rotatable bonds is 9. The summed E-state index contributed by atoms with van der Waals surface area (Å²) in [5.74, 6) is -0.308. The van der Waals surface area contributed by atoms with E-state index >= 15 is 0 Å². The fraction of sp³-hybridized carbons (Fsp3) is 0.261. The van der Waals surface area contributed by atoms with Gasteiger partial charge in [-0.25, -0.2) is 14.8 Å². The van der Waals surface area contributed by atoms with Gasteiger partial charge in [-0.15, -0.1) is 0 Å². The van der Waals surface area contributed by atoms with Crippen molar-refractivity contribution >= 4 is 23.4 Å². The van der Waals surface area contributed by atoms with Crippen molar-refractivity contribution in [3.05, 3.63) is 64.4 Å². The fourth-order valence-electron chi connectivity index (χ4n) is 3.27. The molecule has 1 aromatic heterocycles. The number of nitrogens with one attached hydrogen (secondary N) is 1. The zero-order chi connectivity index (χ0) is 24.9. The van der Waals surface area contributed by atoms with Crippen LogP contribution in [0.15, 0.2) is 42.7 Å². The molecule has 0 bridgehead atoms. The normalized spacial score (nSPS) is 11.2. The van der Waals surface area contributed by atoms with Gasteiger partial charge in [-0.1, -0.05) is 17.7 Å². The van der Waals surface area contributed by atoms with Crippen LogP contribution in [-0.4, -0.2) is 41.3 Å². The first kappa shape index (κ1) is 25.1. The maximum atomic E-state index is 13.1. The van der Waals surface area contributed by atoms with Crippen molar-refractivity contribution in [2.75, 3.05) is 25.6 Å². The molecule has 0 saturated heterocycles. The molecular weight excluding hydrogens is 475 g/mol. The fourth-order valence-corrected chi connectivity index (χ4v) is 3.56. The number of alkyl halides is 3. The third-order valence-corrected chi connectivity index (χ3v) is 5.16. The Morgan fingerprint density at radius 1 is 1.15 bits per heavy atom. The molecule has 3 rings (SSSR count). The number of anilines is 1. The second-order valence-electron chi connectivity index (χ2n) is 7.06. The number of methoxy groups -OCH3 is 1. The molecule has 3 aromatic rings. The van der Waals surface area contributed by atoms with Crippen LogP contribution in [-0.2, 0) is 12.6 Å². The molecule has 0 atom stereocenters. The number of ether oxygens (including phenoxy) is 2. The van der Waals surface area contributed by atoms with Crippen molar-refractivity contribution in [1.29, 1.82) is 0 Å². The van der Waals surface area contributed by atoms with E-state index in [0.29, 0.717) is 42.2 Å². The molecule has 0 aliphatic carbocycles. The van der Waals surface area contributed by atoms with E-state index in [1.165, 1.54) is 25.6 Å². The molecule has 0 radical (unpaired) electrons. The predicted octanol–water partition coefficient (Wildman–Crippen LogP) is 5.58. The standard InChI is InChI=1S/C23H21ClF3N3O4/c1-3-34-20-9-13(4-5-15(20)22(31)32)18-11-21(30-12-29-18)28-7-6-14-8-17(24)16(23(25,26)27)10-19(14)33-2/h4-5,8-12H,3,6-7H2,1-2H3,(H,31,32)(H,28,29,30). The Hall–Kier alpha value is -3.53. The first-order chi connectivity index (χ1) is 16.1. The minimum Gasteiger partial charge on any atom is -0.496 e. The Morgan fingerprint density at radius 3 is 2.56 bits per heavy atom. The van der Waals surface area contributed by atoms with Crippen LogP contribution in [0, 0.1) is 0 Å². The van der Waals surface area contributed by atoms with Crippen LogP contribution in [0.3, 0.4) is 0 Å². The third-order valence-electron chi connectivity index (χ3n) is 4.85. The SMILES string of the molecule is CCOc1cc(-c2cc(NCCc3cc(Cl)c(C(F)(F)F)cc3OC)ncn2)ccc1C(=O)O. The van der Waals surface area contributed by atoms with Gasteiger partial charge in [-0.05, 0) is 43.2 Å². The van der Waals surface area contributed by atoms with Crippen LogP contribution >= 0.6 is 11.6 Å². The number of halogens is 4. The Bertz CT molecular complexity index is 1190. The van der Waals surface area contributed by atoms with Crippen LogP contribution in [0.5, 0.6) is 11.5 Å². The maximum Gasteiger partial charge on any atom is 0.417 e. The van der Waals surface area contributed by atoms with Crippen LogP contribution in [0.2, 0.25) is 5.02 Å². The van der Waals surface area contributed by atoms with Crippen LogP contribution in [0.25, 0.3) is 11.3 Å². The van der Waals surface area contributed by atoms with Gasteiger partial charge < -0.3 is 19.9 Å². The smallest absolute Gasteiger partial charge is 0.417 e. The lowest BCUT2D eigenvalue weighted by molar-refractivity contribution is -0.137. The molecule has 0 unspecified atom stereocenters. The maximum absolute atomic E-state index is 13.1. The first-order valence-corrected chi connectivity index (χ1v) is 10.5. The van der Waals surface area contributed by atoms with Crippen LogP contribution < -0.4 is 14.8 Å². The number of hydrogen-bond donors (Lipinski definition) is 2. The van der Waals surface area contributed by atoms with Crippen molar-refractivity contribution in [3.63, 3.8) is 0 Å². The number of hydrogen-bond acceptors (Lipinski definition) is 6. The third kappa shape index (κ3) is 5.88. The molecule has 0 aliphatic heterocycles. The lowest BCUT2D eigenvalue weighted by atomic mass is 10.1. The molecule has 0 spiro atoms. The highest BCUT2D eigenvalue weighted by molar-refractivity contribution is 6.31. The van der Waals surface area contributed by atoms with Gasteiger partial charge in [-0.3, -0.25) is 0 Å². The highest BCUT2D eigenvalue weighted by Crippen LogP contribution is 2.38. The number of aromatic nitrogens is 2. The van der Waals surface area contributed by atoms with Gasteiger partial charge in [0.25, 0.3) is 0 Å². The minimum absolute atomic E-state index is 0.0437. The molecular formula is C23H21ClF3N3O4. The molecule has 180 valence electrons. The molecule has 2 N–H and O–H groups in total. The Kier molecular flexibility index (Phi) is 7.83. The van der Waals surface area contributed by atoms with Gasteiger partial charge in [0.15, 0.2) is 0 Å². The number of carboxylic acid groups (broad SMARTS) is 1. The minimum atomic E-state index is -4.58.